The van der Waals surface area contributed by atoms with E-state index >= 15 is 0 Å². The molecular formula is C18H23BrO. The van der Waals surface area contributed by atoms with Crippen LogP contribution in [-0.2, 0) is 12.8 Å². The maximum atomic E-state index is 11.1. The molecule has 0 saturated heterocycles. The minimum atomic E-state index is -0.435. The van der Waals surface area contributed by atoms with E-state index < -0.39 is 5.60 Å². The van der Waals surface area contributed by atoms with Gasteiger partial charge in [-0.25, -0.2) is 0 Å². The van der Waals surface area contributed by atoms with Crippen molar-refractivity contribution in [2.75, 3.05) is 0 Å². The Labute approximate surface area is 129 Å². The van der Waals surface area contributed by atoms with Crippen LogP contribution in [0.2, 0.25) is 0 Å². The fourth-order valence-electron chi connectivity index (χ4n) is 5.10. The summed E-state index contributed by atoms with van der Waals surface area (Å²) < 4.78 is 1.16. The van der Waals surface area contributed by atoms with Crippen LogP contribution in [0.3, 0.4) is 0 Å². The summed E-state index contributed by atoms with van der Waals surface area (Å²) in [7, 11) is 0. The minimum absolute atomic E-state index is 0.435. The van der Waals surface area contributed by atoms with Gasteiger partial charge >= 0.3 is 0 Å². The summed E-state index contributed by atoms with van der Waals surface area (Å²) in [6, 6.07) is 6.54. The summed E-state index contributed by atoms with van der Waals surface area (Å²) in [6.45, 7) is 0. The van der Waals surface area contributed by atoms with Crippen molar-refractivity contribution >= 4 is 15.9 Å². The maximum Gasteiger partial charge on any atom is 0.0694 e. The Balaban J connectivity index is 1.50. The standard InChI is InChI=1S/C18H23BrO/c19-17-4-3-15-10-18(20,6-5-14(15)9-17)11-16-8-12-1-2-13(16)7-12/h3-4,9,12-13,16,20H,1-2,5-8,10-11H2. The SMILES string of the molecule is OC1(CC2CC3CCC2C3)CCc2cc(Br)ccc2C1. The zero-order valence-electron chi connectivity index (χ0n) is 11.9. The van der Waals surface area contributed by atoms with Gasteiger partial charge in [0, 0.05) is 10.9 Å². The normalized spacial score (nSPS) is 39.0. The highest BCUT2D eigenvalue weighted by Gasteiger charge is 2.44. The van der Waals surface area contributed by atoms with Crippen LogP contribution in [0.4, 0.5) is 0 Å². The first kappa shape index (κ1) is 13.3. The highest BCUT2D eigenvalue weighted by atomic mass is 79.9. The third kappa shape index (κ3) is 2.35. The van der Waals surface area contributed by atoms with Gasteiger partial charge in [-0.3, -0.25) is 0 Å². The predicted octanol–water partition coefficient (Wildman–Crippen LogP) is 4.50. The lowest BCUT2D eigenvalue weighted by Gasteiger charge is -2.37. The predicted molar refractivity (Wildman–Crippen MR) is 84.7 cm³/mol. The molecule has 4 unspecified atom stereocenters. The molecule has 1 aromatic rings. The first-order valence-corrected chi connectivity index (χ1v) is 8.90. The zero-order valence-corrected chi connectivity index (χ0v) is 13.5. The van der Waals surface area contributed by atoms with Crippen LogP contribution in [-0.4, -0.2) is 10.7 Å². The van der Waals surface area contributed by atoms with Crippen molar-refractivity contribution in [3.8, 4) is 0 Å². The quantitative estimate of drug-likeness (QED) is 0.844. The lowest BCUT2D eigenvalue weighted by atomic mass is 9.72. The molecule has 108 valence electrons. The van der Waals surface area contributed by atoms with Crippen molar-refractivity contribution < 1.29 is 5.11 Å². The average molecular weight is 335 g/mol. The lowest BCUT2D eigenvalue weighted by Crippen LogP contribution is -2.38. The summed E-state index contributed by atoms with van der Waals surface area (Å²) in [6.07, 6.45) is 9.61. The number of hydrogen-bond donors (Lipinski definition) is 1. The van der Waals surface area contributed by atoms with Gasteiger partial charge in [0.05, 0.1) is 5.60 Å². The van der Waals surface area contributed by atoms with E-state index in [1.165, 1.54) is 36.8 Å². The van der Waals surface area contributed by atoms with Gasteiger partial charge in [0.25, 0.3) is 0 Å². The lowest BCUT2D eigenvalue weighted by molar-refractivity contribution is -0.00507. The van der Waals surface area contributed by atoms with E-state index in [0.29, 0.717) is 0 Å². The van der Waals surface area contributed by atoms with Crippen molar-refractivity contribution in [2.24, 2.45) is 17.8 Å². The van der Waals surface area contributed by atoms with Gasteiger partial charge in [0.2, 0.25) is 0 Å². The Morgan fingerprint density at radius 2 is 2.10 bits per heavy atom. The molecule has 20 heavy (non-hydrogen) atoms. The smallest absolute Gasteiger partial charge is 0.0694 e. The van der Waals surface area contributed by atoms with Crippen LogP contribution in [0.25, 0.3) is 0 Å². The molecule has 4 atom stereocenters. The van der Waals surface area contributed by atoms with Crippen molar-refractivity contribution in [3.63, 3.8) is 0 Å². The number of benzene rings is 1. The molecule has 0 heterocycles. The molecule has 0 spiro atoms. The molecule has 0 aliphatic heterocycles. The number of rotatable bonds is 2. The van der Waals surface area contributed by atoms with E-state index in [0.717, 1.165) is 47.9 Å². The molecule has 2 heteroatoms. The van der Waals surface area contributed by atoms with E-state index in [-0.39, 0.29) is 0 Å². The zero-order chi connectivity index (χ0) is 13.7. The molecule has 0 amide bonds. The van der Waals surface area contributed by atoms with Gasteiger partial charge in [-0.15, -0.1) is 0 Å². The van der Waals surface area contributed by atoms with Crippen LogP contribution in [0.5, 0.6) is 0 Å². The molecule has 1 N–H and O–H groups in total. The summed E-state index contributed by atoms with van der Waals surface area (Å²) in [5.74, 6) is 2.71. The van der Waals surface area contributed by atoms with Gasteiger partial charge in [-0.1, -0.05) is 28.4 Å². The first-order valence-electron chi connectivity index (χ1n) is 8.11. The molecule has 0 aromatic heterocycles. The Hall–Kier alpha value is -0.340. The summed E-state index contributed by atoms with van der Waals surface area (Å²) in [5, 5.41) is 11.1. The average Bonchev–Trinajstić information content (AvgIpc) is 3.01. The van der Waals surface area contributed by atoms with Crippen LogP contribution < -0.4 is 0 Å². The fraction of sp³-hybridized carbons (Fsp3) is 0.667. The third-order valence-electron chi connectivity index (χ3n) is 6.07. The van der Waals surface area contributed by atoms with Crippen LogP contribution in [0, 0.1) is 17.8 Å². The highest BCUT2D eigenvalue weighted by Crippen LogP contribution is 2.51. The van der Waals surface area contributed by atoms with Crippen molar-refractivity contribution in [1.29, 1.82) is 0 Å². The second-order valence-electron chi connectivity index (χ2n) is 7.45. The molecule has 3 aliphatic carbocycles. The number of hydrogen-bond acceptors (Lipinski definition) is 1. The van der Waals surface area contributed by atoms with Gasteiger partial charge in [-0.05, 0) is 79.5 Å². The molecule has 0 radical (unpaired) electrons. The second-order valence-corrected chi connectivity index (χ2v) is 8.37. The largest absolute Gasteiger partial charge is 0.390 e. The van der Waals surface area contributed by atoms with E-state index in [1.807, 2.05) is 0 Å². The van der Waals surface area contributed by atoms with E-state index in [2.05, 4.69) is 34.1 Å². The number of aryl methyl sites for hydroxylation is 1. The first-order chi connectivity index (χ1) is 9.61. The molecule has 1 nitrogen and oxygen atoms in total. The number of aliphatic hydroxyl groups is 1. The Morgan fingerprint density at radius 3 is 2.85 bits per heavy atom. The van der Waals surface area contributed by atoms with Crippen LogP contribution >= 0.6 is 15.9 Å². The van der Waals surface area contributed by atoms with Crippen molar-refractivity contribution in [2.45, 2.75) is 57.0 Å². The number of fused-ring (bicyclic) bond motifs is 3. The van der Waals surface area contributed by atoms with Crippen molar-refractivity contribution in [3.05, 3.63) is 33.8 Å². The van der Waals surface area contributed by atoms with Gasteiger partial charge < -0.3 is 5.11 Å². The Kier molecular flexibility index (Phi) is 3.23. The van der Waals surface area contributed by atoms with Crippen molar-refractivity contribution in [1.82, 2.24) is 0 Å². The maximum absolute atomic E-state index is 11.1. The topological polar surface area (TPSA) is 20.2 Å². The molecular weight excluding hydrogens is 312 g/mol. The molecule has 2 saturated carbocycles. The molecule has 2 fully saturated rings. The van der Waals surface area contributed by atoms with E-state index in [9.17, 15) is 5.11 Å². The molecule has 1 aromatic carbocycles. The number of halogens is 1. The summed E-state index contributed by atoms with van der Waals surface area (Å²) >= 11 is 3.55. The Morgan fingerprint density at radius 1 is 1.20 bits per heavy atom. The minimum Gasteiger partial charge on any atom is -0.390 e. The Bertz CT molecular complexity index is 526. The highest BCUT2D eigenvalue weighted by molar-refractivity contribution is 9.10. The second kappa shape index (κ2) is 4.84. The van der Waals surface area contributed by atoms with Crippen LogP contribution in [0.15, 0.2) is 22.7 Å². The summed E-state index contributed by atoms with van der Waals surface area (Å²) in [4.78, 5) is 0. The summed E-state index contributed by atoms with van der Waals surface area (Å²) in [5.41, 5.74) is 2.36. The van der Waals surface area contributed by atoms with E-state index in [1.54, 1.807) is 0 Å². The van der Waals surface area contributed by atoms with Gasteiger partial charge in [-0.2, -0.15) is 0 Å². The molecule has 3 aliphatic rings. The molecule has 2 bridgehead atoms. The monoisotopic (exact) mass is 334 g/mol. The van der Waals surface area contributed by atoms with Gasteiger partial charge in [0.1, 0.15) is 0 Å². The van der Waals surface area contributed by atoms with Crippen LogP contribution in [0.1, 0.15) is 49.7 Å². The van der Waals surface area contributed by atoms with Gasteiger partial charge in [0.15, 0.2) is 0 Å². The fourth-order valence-corrected chi connectivity index (χ4v) is 5.51. The molecule has 4 rings (SSSR count). The third-order valence-corrected chi connectivity index (χ3v) is 6.57. The van der Waals surface area contributed by atoms with E-state index in [4.69, 9.17) is 0 Å².